The van der Waals surface area contributed by atoms with Crippen molar-refractivity contribution in [2.75, 3.05) is 13.2 Å². The molecular weight excluding hydrogens is 877 g/mol. The SMILES string of the molecule is CC/C=C\C/C=C\C/C=C\C/C=C\C/C=C\CCC(=O)OCC(COC(=O)CCCCCCCCC/C=C\CCCCCCCCCC)OC(=O)CCCCCCCCCCCCCCCCCCCC. The van der Waals surface area contributed by atoms with Crippen LogP contribution in [0.4, 0.5) is 0 Å². The molecule has 0 amide bonds. The Balaban J connectivity index is 4.43. The molecule has 0 saturated heterocycles. The first kappa shape index (κ1) is 67.8. The molecule has 0 saturated carbocycles. The molecular formula is C65H114O6. The van der Waals surface area contributed by atoms with Crippen LogP contribution in [0.25, 0.3) is 0 Å². The Kier molecular flexibility index (Phi) is 56.8. The molecule has 6 heteroatoms. The minimum absolute atomic E-state index is 0.0979. The summed E-state index contributed by atoms with van der Waals surface area (Å²) in [5.74, 6) is -0.975. The molecule has 0 bridgehead atoms. The Morgan fingerprint density at radius 3 is 0.944 bits per heavy atom. The van der Waals surface area contributed by atoms with Crippen LogP contribution in [0.15, 0.2) is 72.9 Å². The van der Waals surface area contributed by atoms with Crippen LogP contribution in [0, 0.1) is 0 Å². The third kappa shape index (κ3) is 57.6. The maximum atomic E-state index is 12.9. The molecule has 0 aliphatic rings. The first-order valence-corrected chi connectivity index (χ1v) is 30.4. The first-order valence-electron chi connectivity index (χ1n) is 30.4. The molecule has 0 aromatic heterocycles. The molecule has 1 unspecified atom stereocenters. The predicted octanol–water partition coefficient (Wildman–Crippen LogP) is 20.5. The second-order valence-electron chi connectivity index (χ2n) is 20.2. The van der Waals surface area contributed by atoms with E-state index in [2.05, 4.69) is 87.6 Å². The zero-order chi connectivity index (χ0) is 51.4. The average molecular weight is 992 g/mol. The van der Waals surface area contributed by atoms with Crippen molar-refractivity contribution in [2.24, 2.45) is 0 Å². The molecule has 410 valence electrons. The van der Waals surface area contributed by atoms with Crippen LogP contribution >= 0.6 is 0 Å². The third-order valence-electron chi connectivity index (χ3n) is 13.2. The summed E-state index contributed by atoms with van der Waals surface area (Å²) in [5, 5.41) is 0. The van der Waals surface area contributed by atoms with Crippen molar-refractivity contribution >= 4 is 17.9 Å². The predicted molar refractivity (Wildman–Crippen MR) is 307 cm³/mol. The van der Waals surface area contributed by atoms with Crippen LogP contribution in [0.3, 0.4) is 0 Å². The van der Waals surface area contributed by atoms with Crippen LogP contribution in [0.1, 0.15) is 303 Å². The van der Waals surface area contributed by atoms with E-state index >= 15 is 0 Å². The second-order valence-corrected chi connectivity index (χ2v) is 20.2. The lowest BCUT2D eigenvalue weighted by Gasteiger charge is -2.18. The number of ether oxygens (including phenoxy) is 3. The Morgan fingerprint density at radius 2 is 0.577 bits per heavy atom. The zero-order valence-electron chi connectivity index (χ0n) is 47.0. The molecule has 0 rings (SSSR count). The van der Waals surface area contributed by atoms with E-state index in [0.29, 0.717) is 19.3 Å². The number of esters is 3. The summed E-state index contributed by atoms with van der Waals surface area (Å²) in [5.41, 5.74) is 0. The molecule has 0 fully saturated rings. The highest BCUT2D eigenvalue weighted by atomic mass is 16.6. The van der Waals surface area contributed by atoms with Gasteiger partial charge < -0.3 is 14.2 Å². The number of hydrogen-bond acceptors (Lipinski definition) is 6. The standard InChI is InChI=1S/C65H114O6/c1-4-7-10-13-16-19-22-25-28-31-33-35-37-40-43-46-49-52-55-58-64(67)70-61-62(60-69-63(66)57-54-51-48-45-42-39-36-30-27-24-21-18-15-12-9-6-3)71-65(68)59-56-53-50-47-44-41-38-34-32-29-26-23-20-17-14-11-8-5-2/h9,12,18,21,27,30-31,33,39,42,48,51,62H,4-8,10-11,13-17,19-20,22-26,28-29,32,34-38,40-41,43-47,49-50,52-61H2,1-3H3/b12-9-,21-18-,30-27-,33-31-,42-39-,51-48-. The van der Waals surface area contributed by atoms with Gasteiger partial charge in [-0.05, 0) is 77.0 Å². The van der Waals surface area contributed by atoms with Crippen molar-refractivity contribution in [3.63, 3.8) is 0 Å². The molecule has 0 heterocycles. The van der Waals surface area contributed by atoms with Gasteiger partial charge in [0, 0.05) is 19.3 Å². The van der Waals surface area contributed by atoms with Crippen LogP contribution < -0.4 is 0 Å². The van der Waals surface area contributed by atoms with E-state index in [1.165, 1.54) is 186 Å². The van der Waals surface area contributed by atoms with Crippen molar-refractivity contribution in [2.45, 2.75) is 309 Å². The van der Waals surface area contributed by atoms with Gasteiger partial charge in [0.25, 0.3) is 0 Å². The summed E-state index contributed by atoms with van der Waals surface area (Å²) >= 11 is 0. The van der Waals surface area contributed by atoms with Gasteiger partial charge in [-0.2, -0.15) is 0 Å². The first-order chi connectivity index (χ1) is 35.0. The molecule has 0 spiro atoms. The lowest BCUT2D eigenvalue weighted by atomic mass is 10.0. The molecule has 0 aliphatic carbocycles. The Morgan fingerprint density at radius 1 is 0.296 bits per heavy atom. The lowest BCUT2D eigenvalue weighted by Crippen LogP contribution is -2.30. The quantitative estimate of drug-likeness (QED) is 0.0261. The number of rotatable bonds is 55. The summed E-state index contributed by atoms with van der Waals surface area (Å²) in [6, 6.07) is 0. The lowest BCUT2D eigenvalue weighted by molar-refractivity contribution is -0.166. The molecule has 0 radical (unpaired) electrons. The minimum atomic E-state index is -0.806. The fourth-order valence-corrected chi connectivity index (χ4v) is 8.67. The number of unbranched alkanes of at least 4 members (excludes halogenated alkanes) is 32. The van der Waals surface area contributed by atoms with E-state index in [0.717, 1.165) is 70.6 Å². The fraction of sp³-hybridized carbons (Fsp3) is 0.769. The molecule has 71 heavy (non-hydrogen) atoms. The largest absolute Gasteiger partial charge is 0.462 e. The van der Waals surface area contributed by atoms with E-state index in [9.17, 15) is 14.4 Å². The van der Waals surface area contributed by atoms with Gasteiger partial charge in [-0.1, -0.05) is 280 Å². The summed E-state index contributed by atoms with van der Waals surface area (Å²) in [6.07, 6.45) is 76.3. The van der Waals surface area contributed by atoms with Gasteiger partial charge in [-0.25, -0.2) is 0 Å². The van der Waals surface area contributed by atoms with E-state index in [1.54, 1.807) is 0 Å². The summed E-state index contributed by atoms with van der Waals surface area (Å²) in [4.78, 5) is 38.2. The normalized spacial score (nSPS) is 12.5. The maximum Gasteiger partial charge on any atom is 0.306 e. The monoisotopic (exact) mass is 991 g/mol. The minimum Gasteiger partial charge on any atom is -0.462 e. The Hall–Kier alpha value is -3.15. The van der Waals surface area contributed by atoms with Gasteiger partial charge in [0.2, 0.25) is 0 Å². The number of hydrogen-bond donors (Lipinski definition) is 0. The highest BCUT2D eigenvalue weighted by Crippen LogP contribution is 2.16. The maximum absolute atomic E-state index is 12.9. The van der Waals surface area contributed by atoms with Gasteiger partial charge in [-0.3, -0.25) is 14.4 Å². The van der Waals surface area contributed by atoms with Crippen molar-refractivity contribution in [3.05, 3.63) is 72.9 Å². The van der Waals surface area contributed by atoms with Gasteiger partial charge in [0.1, 0.15) is 13.2 Å². The van der Waals surface area contributed by atoms with Gasteiger partial charge in [-0.15, -0.1) is 0 Å². The van der Waals surface area contributed by atoms with Crippen molar-refractivity contribution < 1.29 is 28.6 Å². The van der Waals surface area contributed by atoms with Crippen LogP contribution in [0.2, 0.25) is 0 Å². The van der Waals surface area contributed by atoms with Crippen LogP contribution in [-0.4, -0.2) is 37.2 Å². The molecule has 0 aliphatic heterocycles. The number of carbonyl (C=O) groups is 3. The number of carbonyl (C=O) groups excluding carboxylic acids is 3. The molecule has 0 aromatic rings. The summed E-state index contributed by atoms with van der Waals surface area (Å²) in [6.45, 7) is 6.50. The van der Waals surface area contributed by atoms with Crippen molar-refractivity contribution in [1.29, 1.82) is 0 Å². The van der Waals surface area contributed by atoms with Gasteiger partial charge in [0.15, 0.2) is 6.10 Å². The van der Waals surface area contributed by atoms with Gasteiger partial charge >= 0.3 is 17.9 Å². The van der Waals surface area contributed by atoms with Crippen molar-refractivity contribution in [1.82, 2.24) is 0 Å². The average Bonchev–Trinajstić information content (AvgIpc) is 3.37. The van der Waals surface area contributed by atoms with E-state index in [1.807, 2.05) is 6.08 Å². The molecule has 1 atom stereocenters. The highest BCUT2D eigenvalue weighted by molar-refractivity contribution is 5.71. The third-order valence-corrected chi connectivity index (χ3v) is 13.2. The van der Waals surface area contributed by atoms with Gasteiger partial charge in [0.05, 0.1) is 0 Å². The molecule has 0 aromatic carbocycles. The van der Waals surface area contributed by atoms with E-state index in [-0.39, 0.29) is 37.5 Å². The Labute approximate surface area is 440 Å². The second kappa shape index (κ2) is 59.4. The van der Waals surface area contributed by atoms with Crippen molar-refractivity contribution in [3.8, 4) is 0 Å². The van der Waals surface area contributed by atoms with Crippen LogP contribution in [0.5, 0.6) is 0 Å². The zero-order valence-corrected chi connectivity index (χ0v) is 47.0. The van der Waals surface area contributed by atoms with E-state index in [4.69, 9.17) is 14.2 Å². The topological polar surface area (TPSA) is 78.9 Å². The fourth-order valence-electron chi connectivity index (χ4n) is 8.67. The molecule has 0 N–H and O–H groups in total. The Bertz CT molecular complexity index is 1320. The smallest absolute Gasteiger partial charge is 0.306 e. The summed E-state index contributed by atoms with van der Waals surface area (Å²) in [7, 11) is 0. The highest BCUT2D eigenvalue weighted by Gasteiger charge is 2.19. The van der Waals surface area contributed by atoms with E-state index < -0.39 is 6.10 Å². The van der Waals surface area contributed by atoms with Crippen LogP contribution in [-0.2, 0) is 28.6 Å². The number of allylic oxidation sites excluding steroid dienone is 12. The summed E-state index contributed by atoms with van der Waals surface area (Å²) < 4.78 is 16.8. The molecule has 6 nitrogen and oxygen atoms in total.